The molecule has 1 nitrogen and oxygen atoms in total. The van der Waals surface area contributed by atoms with Gasteiger partial charge in [0.15, 0.2) is 5.78 Å². The lowest BCUT2D eigenvalue weighted by Gasteiger charge is -2.19. The number of benzene rings is 2. The third-order valence-corrected chi connectivity index (χ3v) is 4.88. The molecule has 0 amide bonds. The first kappa shape index (κ1) is 16.2. The van der Waals surface area contributed by atoms with Crippen molar-refractivity contribution in [2.75, 3.05) is 0 Å². The third kappa shape index (κ3) is 3.48. The largest absolute Gasteiger partial charge is 0.289 e. The highest BCUT2D eigenvalue weighted by atomic mass is 79.9. The molecule has 118 valence electrons. The van der Waals surface area contributed by atoms with E-state index in [1.165, 1.54) is 5.56 Å². The van der Waals surface area contributed by atoms with E-state index in [9.17, 15) is 4.79 Å². The first-order valence-electron chi connectivity index (χ1n) is 7.99. The maximum atomic E-state index is 12.7. The Bertz CT molecular complexity index is 776. The number of carbonyl (C=O) groups excluding carboxylic acids is 1. The van der Waals surface area contributed by atoms with Crippen molar-refractivity contribution in [3.63, 3.8) is 0 Å². The highest BCUT2D eigenvalue weighted by Crippen LogP contribution is 2.29. The molecular formula is C21H21BrO. The SMILES string of the molecule is CC(C)(C)c1ccc(/C=C2/CCc3ccc(Br)cc3C2=O)cc1. The minimum atomic E-state index is 0.150. The number of halogens is 1. The molecule has 0 unspecified atom stereocenters. The van der Waals surface area contributed by atoms with Gasteiger partial charge in [-0.05, 0) is 53.2 Å². The normalized spacial score (nSPS) is 16.5. The summed E-state index contributed by atoms with van der Waals surface area (Å²) in [7, 11) is 0. The van der Waals surface area contributed by atoms with E-state index in [1.54, 1.807) is 0 Å². The van der Waals surface area contributed by atoms with Crippen LogP contribution in [0.25, 0.3) is 6.08 Å². The summed E-state index contributed by atoms with van der Waals surface area (Å²) in [6.07, 6.45) is 3.79. The Kier molecular flexibility index (Phi) is 4.29. The van der Waals surface area contributed by atoms with E-state index >= 15 is 0 Å². The summed E-state index contributed by atoms with van der Waals surface area (Å²) < 4.78 is 0.959. The molecule has 0 radical (unpaired) electrons. The lowest BCUT2D eigenvalue weighted by Crippen LogP contribution is -2.14. The minimum Gasteiger partial charge on any atom is -0.289 e. The van der Waals surface area contributed by atoms with E-state index < -0.39 is 0 Å². The number of allylic oxidation sites excluding steroid dienone is 1. The van der Waals surface area contributed by atoms with Crippen molar-refractivity contribution >= 4 is 27.8 Å². The van der Waals surface area contributed by atoms with Crippen LogP contribution in [0.3, 0.4) is 0 Å². The molecule has 23 heavy (non-hydrogen) atoms. The van der Waals surface area contributed by atoms with Crippen LogP contribution in [0.15, 0.2) is 52.5 Å². The molecule has 0 atom stereocenters. The van der Waals surface area contributed by atoms with Gasteiger partial charge >= 0.3 is 0 Å². The Morgan fingerprint density at radius 3 is 2.35 bits per heavy atom. The van der Waals surface area contributed by atoms with Crippen LogP contribution >= 0.6 is 15.9 Å². The Balaban J connectivity index is 1.90. The van der Waals surface area contributed by atoms with Gasteiger partial charge in [0.1, 0.15) is 0 Å². The first-order valence-corrected chi connectivity index (χ1v) is 8.78. The fourth-order valence-electron chi connectivity index (χ4n) is 2.95. The number of hydrogen-bond donors (Lipinski definition) is 0. The summed E-state index contributed by atoms with van der Waals surface area (Å²) in [5.41, 5.74) is 5.45. The molecule has 1 aliphatic rings. The molecule has 1 aliphatic carbocycles. The Hall–Kier alpha value is -1.67. The van der Waals surface area contributed by atoms with Crippen LogP contribution in [0.4, 0.5) is 0 Å². The molecule has 3 rings (SSSR count). The van der Waals surface area contributed by atoms with Crippen molar-refractivity contribution in [1.82, 2.24) is 0 Å². The van der Waals surface area contributed by atoms with Gasteiger partial charge in [-0.15, -0.1) is 0 Å². The molecule has 0 aliphatic heterocycles. The third-order valence-electron chi connectivity index (χ3n) is 4.39. The van der Waals surface area contributed by atoms with Gasteiger partial charge in [0.2, 0.25) is 0 Å². The average Bonchev–Trinajstić information content (AvgIpc) is 2.50. The quantitative estimate of drug-likeness (QED) is 0.567. The lowest BCUT2D eigenvalue weighted by atomic mass is 9.85. The zero-order valence-electron chi connectivity index (χ0n) is 13.8. The molecule has 0 aromatic heterocycles. The average molecular weight is 369 g/mol. The van der Waals surface area contributed by atoms with Crippen molar-refractivity contribution in [3.05, 3.63) is 74.8 Å². The zero-order valence-corrected chi connectivity index (χ0v) is 15.4. The molecule has 0 bridgehead atoms. The summed E-state index contributed by atoms with van der Waals surface area (Å²) in [5, 5.41) is 0. The Labute approximate surface area is 146 Å². The monoisotopic (exact) mass is 368 g/mol. The highest BCUT2D eigenvalue weighted by molar-refractivity contribution is 9.10. The first-order chi connectivity index (χ1) is 10.8. The smallest absolute Gasteiger partial charge is 0.189 e. The number of fused-ring (bicyclic) bond motifs is 1. The topological polar surface area (TPSA) is 17.1 Å². The van der Waals surface area contributed by atoms with Crippen LogP contribution in [0, 0.1) is 0 Å². The number of ketones is 1. The van der Waals surface area contributed by atoms with E-state index in [-0.39, 0.29) is 11.2 Å². The molecule has 0 spiro atoms. The molecule has 2 aromatic carbocycles. The van der Waals surface area contributed by atoms with E-state index in [1.807, 2.05) is 24.3 Å². The number of rotatable bonds is 1. The van der Waals surface area contributed by atoms with Gasteiger partial charge in [-0.1, -0.05) is 67.0 Å². The van der Waals surface area contributed by atoms with Crippen molar-refractivity contribution < 1.29 is 4.79 Å². The van der Waals surface area contributed by atoms with Gasteiger partial charge in [-0.25, -0.2) is 0 Å². The van der Waals surface area contributed by atoms with E-state index in [0.29, 0.717) is 0 Å². The Morgan fingerprint density at radius 1 is 1.00 bits per heavy atom. The second-order valence-electron chi connectivity index (χ2n) is 7.17. The van der Waals surface area contributed by atoms with Gasteiger partial charge in [-0.3, -0.25) is 4.79 Å². The fourth-order valence-corrected chi connectivity index (χ4v) is 3.31. The predicted octanol–water partition coefficient (Wildman–Crippen LogP) is 5.96. The molecule has 0 saturated carbocycles. The van der Waals surface area contributed by atoms with Gasteiger partial charge in [0, 0.05) is 15.6 Å². The molecule has 0 N–H and O–H groups in total. The molecule has 0 saturated heterocycles. The Morgan fingerprint density at radius 2 is 1.70 bits per heavy atom. The lowest BCUT2D eigenvalue weighted by molar-refractivity contribution is 0.102. The van der Waals surface area contributed by atoms with Gasteiger partial charge < -0.3 is 0 Å². The van der Waals surface area contributed by atoms with E-state index in [2.05, 4.69) is 61.0 Å². The number of Topliss-reactive ketones (excluding diaryl/α,β-unsaturated/α-hetero) is 1. The number of hydrogen-bond acceptors (Lipinski definition) is 1. The summed E-state index contributed by atoms with van der Waals surface area (Å²) in [6, 6.07) is 14.5. The van der Waals surface area contributed by atoms with Crippen LogP contribution in [0.1, 0.15) is 54.2 Å². The fraction of sp³-hybridized carbons (Fsp3) is 0.286. The van der Waals surface area contributed by atoms with E-state index in [4.69, 9.17) is 0 Å². The summed E-state index contributed by atoms with van der Waals surface area (Å²) in [6.45, 7) is 6.62. The molecule has 2 heteroatoms. The maximum Gasteiger partial charge on any atom is 0.189 e. The highest BCUT2D eigenvalue weighted by Gasteiger charge is 2.22. The van der Waals surface area contributed by atoms with Crippen molar-refractivity contribution in [2.45, 2.75) is 39.0 Å². The summed E-state index contributed by atoms with van der Waals surface area (Å²) in [4.78, 5) is 12.7. The van der Waals surface area contributed by atoms with Crippen molar-refractivity contribution in [3.8, 4) is 0 Å². The van der Waals surface area contributed by atoms with Crippen LogP contribution in [-0.4, -0.2) is 5.78 Å². The standard InChI is InChI=1S/C21H21BrO/c1-21(2,3)17-9-4-14(5-10-17)12-16-7-6-15-8-11-18(22)13-19(15)20(16)23/h4-5,8-13H,6-7H2,1-3H3/b16-12-. The van der Waals surface area contributed by atoms with Gasteiger partial charge in [-0.2, -0.15) is 0 Å². The van der Waals surface area contributed by atoms with Crippen molar-refractivity contribution in [2.24, 2.45) is 0 Å². The van der Waals surface area contributed by atoms with E-state index in [0.717, 1.165) is 39.6 Å². The van der Waals surface area contributed by atoms with Crippen LogP contribution in [0.5, 0.6) is 0 Å². The minimum absolute atomic E-state index is 0.150. The van der Waals surface area contributed by atoms with Crippen LogP contribution in [0.2, 0.25) is 0 Å². The second kappa shape index (κ2) is 6.09. The van der Waals surface area contributed by atoms with Gasteiger partial charge in [0.25, 0.3) is 0 Å². The summed E-state index contributed by atoms with van der Waals surface area (Å²) in [5.74, 6) is 0.160. The second-order valence-corrected chi connectivity index (χ2v) is 8.09. The van der Waals surface area contributed by atoms with Crippen LogP contribution in [-0.2, 0) is 11.8 Å². The molecule has 2 aromatic rings. The molecule has 0 fully saturated rings. The molecular weight excluding hydrogens is 348 g/mol. The molecule has 0 heterocycles. The van der Waals surface area contributed by atoms with Gasteiger partial charge in [0.05, 0.1) is 0 Å². The van der Waals surface area contributed by atoms with Crippen molar-refractivity contribution in [1.29, 1.82) is 0 Å². The summed E-state index contributed by atoms with van der Waals surface area (Å²) >= 11 is 3.46. The maximum absolute atomic E-state index is 12.7. The zero-order chi connectivity index (χ0) is 16.6. The number of aryl methyl sites for hydroxylation is 1. The number of carbonyl (C=O) groups is 1. The predicted molar refractivity (Wildman–Crippen MR) is 99.9 cm³/mol. The van der Waals surface area contributed by atoms with Crippen LogP contribution < -0.4 is 0 Å².